The molecule has 0 radical (unpaired) electrons. The van der Waals surface area contributed by atoms with E-state index >= 15 is 0 Å². The molecule has 0 aromatic heterocycles. The van der Waals surface area contributed by atoms with Gasteiger partial charge in [0.2, 0.25) is 0 Å². The molecule has 0 spiro atoms. The van der Waals surface area contributed by atoms with Crippen molar-refractivity contribution >= 4 is 39.0 Å². The standard InChI is InChI=1S/C9H9BrN2S/c1-6(12-9(11)13)7-2-4-8(10)5-3-7/h2-5H,1H3,(H2,11,13). The number of nitrogens with two attached hydrogens (primary N) is 1. The van der Waals surface area contributed by atoms with Crippen LogP contribution < -0.4 is 5.73 Å². The molecule has 68 valence electrons. The fourth-order valence-corrected chi connectivity index (χ4v) is 1.32. The third-order valence-electron chi connectivity index (χ3n) is 1.54. The summed E-state index contributed by atoms with van der Waals surface area (Å²) >= 11 is 8.03. The Labute approximate surface area is 91.0 Å². The number of benzene rings is 1. The number of nitrogens with zero attached hydrogens (tertiary/aromatic N) is 1. The highest BCUT2D eigenvalue weighted by Crippen LogP contribution is 2.11. The van der Waals surface area contributed by atoms with Crippen LogP contribution in [0, 0.1) is 0 Å². The second-order valence-electron chi connectivity index (χ2n) is 2.54. The minimum absolute atomic E-state index is 0.167. The fraction of sp³-hybridized carbons (Fsp3) is 0.111. The minimum atomic E-state index is 0.167. The van der Waals surface area contributed by atoms with Gasteiger partial charge in [0.05, 0.1) is 0 Å². The van der Waals surface area contributed by atoms with Crippen molar-refractivity contribution in [2.45, 2.75) is 6.92 Å². The van der Waals surface area contributed by atoms with Crippen LogP contribution in [0.3, 0.4) is 0 Å². The highest BCUT2D eigenvalue weighted by molar-refractivity contribution is 9.10. The molecule has 0 aliphatic rings. The molecule has 0 heterocycles. The van der Waals surface area contributed by atoms with Gasteiger partial charge in [0.25, 0.3) is 0 Å². The molecule has 1 rings (SSSR count). The highest BCUT2D eigenvalue weighted by atomic mass is 79.9. The Bertz CT molecular complexity index is 343. The van der Waals surface area contributed by atoms with Gasteiger partial charge in [0, 0.05) is 10.2 Å². The third kappa shape index (κ3) is 3.24. The van der Waals surface area contributed by atoms with Gasteiger partial charge in [0.15, 0.2) is 5.11 Å². The summed E-state index contributed by atoms with van der Waals surface area (Å²) < 4.78 is 1.04. The third-order valence-corrected chi connectivity index (χ3v) is 2.16. The van der Waals surface area contributed by atoms with E-state index in [9.17, 15) is 0 Å². The number of hydrogen-bond donors (Lipinski definition) is 1. The molecular formula is C9H9BrN2S. The normalized spacial score (nSPS) is 11.4. The van der Waals surface area contributed by atoms with Crippen molar-refractivity contribution in [2.75, 3.05) is 0 Å². The van der Waals surface area contributed by atoms with Crippen molar-refractivity contribution in [1.82, 2.24) is 0 Å². The van der Waals surface area contributed by atoms with Crippen molar-refractivity contribution in [3.8, 4) is 0 Å². The maximum absolute atomic E-state index is 5.30. The van der Waals surface area contributed by atoms with E-state index in [1.165, 1.54) is 0 Å². The van der Waals surface area contributed by atoms with Crippen molar-refractivity contribution in [3.63, 3.8) is 0 Å². The summed E-state index contributed by atoms with van der Waals surface area (Å²) in [5, 5.41) is 0.167. The second-order valence-corrected chi connectivity index (χ2v) is 3.88. The topological polar surface area (TPSA) is 38.4 Å². The van der Waals surface area contributed by atoms with Gasteiger partial charge in [0.1, 0.15) is 0 Å². The first-order chi connectivity index (χ1) is 6.09. The van der Waals surface area contributed by atoms with Crippen LogP contribution in [0.25, 0.3) is 0 Å². The Balaban J connectivity index is 2.96. The summed E-state index contributed by atoms with van der Waals surface area (Å²) in [6, 6.07) is 7.82. The van der Waals surface area contributed by atoms with Gasteiger partial charge in [-0.3, -0.25) is 0 Å². The molecule has 0 saturated carbocycles. The van der Waals surface area contributed by atoms with E-state index in [4.69, 9.17) is 5.73 Å². The first kappa shape index (κ1) is 10.3. The Morgan fingerprint density at radius 3 is 2.38 bits per heavy atom. The number of hydrogen-bond acceptors (Lipinski definition) is 1. The molecule has 13 heavy (non-hydrogen) atoms. The Kier molecular flexibility index (Phi) is 3.57. The van der Waals surface area contributed by atoms with Crippen molar-refractivity contribution in [1.29, 1.82) is 0 Å². The number of rotatable bonds is 1. The van der Waals surface area contributed by atoms with E-state index in [2.05, 4.69) is 33.1 Å². The van der Waals surface area contributed by atoms with E-state index in [0.717, 1.165) is 15.7 Å². The molecule has 4 heteroatoms. The van der Waals surface area contributed by atoms with Crippen molar-refractivity contribution in [3.05, 3.63) is 34.3 Å². The van der Waals surface area contributed by atoms with E-state index in [-0.39, 0.29) is 5.11 Å². The Hall–Kier alpha value is -0.740. The summed E-state index contributed by atoms with van der Waals surface area (Å²) in [5.41, 5.74) is 7.15. The molecule has 2 nitrogen and oxygen atoms in total. The summed E-state index contributed by atoms with van der Waals surface area (Å²) in [4.78, 5) is 3.99. The smallest absolute Gasteiger partial charge is 0.190 e. The second kappa shape index (κ2) is 4.48. The van der Waals surface area contributed by atoms with Crippen molar-refractivity contribution < 1.29 is 0 Å². The van der Waals surface area contributed by atoms with Crippen LogP contribution in [-0.4, -0.2) is 10.8 Å². The summed E-state index contributed by atoms with van der Waals surface area (Å²) in [5.74, 6) is 0. The molecule has 0 aliphatic heterocycles. The van der Waals surface area contributed by atoms with Gasteiger partial charge in [-0.15, -0.1) is 0 Å². The lowest BCUT2D eigenvalue weighted by atomic mass is 10.1. The van der Waals surface area contributed by atoms with Crippen LogP contribution in [-0.2, 0) is 0 Å². The largest absolute Gasteiger partial charge is 0.374 e. The van der Waals surface area contributed by atoms with Crippen LogP contribution in [0.1, 0.15) is 12.5 Å². The van der Waals surface area contributed by atoms with Gasteiger partial charge in [-0.2, -0.15) is 0 Å². The molecule has 0 saturated heterocycles. The Morgan fingerprint density at radius 1 is 1.38 bits per heavy atom. The molecule has 0 atom stereocenters. The predicted octanol–water partition coefficient (Wildman–Crippen LogP) is 2.50. The van der Waals surface area contributed by atoms with Gasteiger partial charge < -0.3 is 5.73 Å². The fourth-order valence-electron chi connectivity index (χ4n) is 0.921. The molecule has 0 aliphatic carbocycles. The zero-order valence-corrected chi connectivity index (χ0v) is 9.52. The van der Waals surface area contributed by atoms with Gasteiger partial charge >= 0.3 is 0 Å². The maximum atomic E-state index is 5.30. The van der Waals surface area contributed by atoms with Crippen LogP contribution in [0.2, 0.25) is 0 Å². The summed E-state index contributed by atoms with van der Waals surface area (Å²) in [6.45, 7) is 1.88. The van der Waals surface area contributed by atoms with Crippen LogP contribution in [0.4, 0.5) is 0 Å². The van der Waals surface area contributed by atoms with Gasteiger partial charge in [-0.25, -0.2) is 4.99 Å². The highest BCUT2D eigenvalue weighted by Gasteiger charge is 1.96. The van der Waals surface area contributed by atoms with Crippen molar-refractivity contribution in [2.24, 2.45) is 10.7 Å². The SMILES string of the molecule is CC(=NC(N)=S)c1ccc(Br)cc1. The molecule has 0 bridgehead atoms. The average molecular weight is 257 g/mol. The molecule has 1 aromatic carbocycles. The molecule has 0 amide bonds. The molecule has 2 N–H and O–H groups in total. The lowest BCUT2D eigenvalue weighted by molar-refractivity contribution is 1.53. The zero-order valence-electron chi connectivity index (χ0n) is 7.12. The van der Waals surface area contributed by atoms with Gasteiger partial charge in [-0.1, -0.05) is 28.1 Å². The first-order valence-electron chi connectivity index (χ1n) is 3.70. The number of halogens is 1. The summed E-state index contributed by atoms with van der Waals surface area (Å²) in [7, 11) is 0. The maximum Gasteiger partial charge on any atom is 0.190 e. The molecule has 0 fully saturated rings. The van der Waals surface area contributed by atoms with Crippen LogP contribution in [0.5, 0.6) is 0 Å². The molecule has 0 unspecified atom stereocenters. The predicted molar refractivity (Wildman–Crippen MR) is 63.1 cm³/mol. The van der Waals surface area contributed by atoms with E-state index < -0.39 is 0 Å². The zero-order chi connectivity index (χ0) is 9.84. The number of thiocarbonyl (C=S) groups is 1. The van der Waals surface area contributed by atoms with Gasteiger partial charge in [-0.05, 0) is 36.8 Å². The molecular weight excluding hydrogens is 248 g/mol. The van der Waals surface area contributed by atoms with E-state index in [1.54, 1.807) is 0 Å². The average Bonchev–Trinajstić information content (AvgIpc) is 2.04. The lowest BCUT2D eigenvalue weighted by Crippen LogP contribution is -2.07. The monoisotopic (exact) mass is 256 g/mol. The number of aliphatic imine (C=N–C) groups is 1. The Morgan fingerprint density at radius 2 is 1.92 bits per heavy atom. The lowest BCUT2D eigenvalue weighted by Gasteiger charge is -1.99. The first-order valence-corrected chi connectivity index (χ1v) is 4.90. The minimum Gasteiger partial charge on any atom is -0.374 e. The van der Waals surface area contributed by atoms with E-state index in [1.807, 2.05) is 31.2 Å². The van der Waals surface area contributed by atoms with Crippen LogP contribution >= 0.6 is 28.1 Å². The quantitative estimate of drug-likeness (QED) is 0.620. The molecule has 1 aromatic rings. The van der Waals surface area contributed by atoms with E-state index in [0.29, 0.717) is 0 Å². The summed E-state index contributed by atoms with van der Waals surface area (Å²) in [6.07, 6.45) is 0. The van der Waals surface area contributed by atoms with Crippen LogP contribution in [0.15, 0.2) is 33.7 Å².